The molecular weight excluding hydrogens is 277 g/mol. The van der Waals surface area contributed by atoms with Crippen molar-refractivity contribution in [2.45, 2.75) is 6.54 Å². The number of ether oxygens (including phenoxy) is 1. The number of benzene rings is 2. The maximum atomic E-state index is 13.6. The fourth-order valence-corrected chi connectivity index (χ4v) is 1.93. The highest BCUT2D eigenvalue weighted by molar-refractivity contribution is 6.30. The molecule has 0 amide bonds. The lowest BCUT2D eigenvalue weighted by atomic mass is 10.2. The Morgan fingerprint density at radius 2 is 2.05 bits per heavy atom. The number of hydrogen-bond acceptors (Lipinski definition) is 2. The number of rotatable bonds is 6. The lowest BCUT2D eigenvalue weighted by molar-refractivity contribution is 0.359. The lowest BCUT2D eigenvalue weighted by Gasteiger charge is -2.12. The standard InChI is InChI=1S/C16H15ClFNO/c1-2-9-20-16-6-4-3-5-12(16)11-19-15-10-13(17)7-8-14(15)18/h2-8,10,19H,1,9,11H2. The molecule has 0 saturated carbocycles. The highest BCUT2D eigenvalue weighted by Crippen LogP contribution is 2.23. The van der Waals surface area contributed by atoms with Crippen molar-refractivity contribution in [3.8, 4) is 5.75 Å². The van der Waals surface area contributed by atoms with Crippen molar-refractivity contribution < 1.29 is 9.13 Å². The molecule has 0 fully saturated rings. The van der Waals surface area contributed by atoms with Crippen molar-refractivity contribution in [1.29, 1.82) is 0 Å². The first-order chi connectivity index (χ1) is 9.70. The minimum atomic E-state index is -0.334. The summed E-state index contributed by atoms with van der Waals surface area (Å²) in [6.07, 6.45) is 1.68. The van der Waals surface area contributed by atoms with Crippen molar-refractivity contribution in [3.63, 3.8) is 0 Å². The minimum absolute atomic E-state index is 0.334. The van der Waals surface area contributed by atoms with Crippen molar-refractivity contribution in [1.82, 2.24) is 0 Å². The maximum Gasteiger partial charge on any atom is 0.146 e. The number of hydrogen-bond donors (Lipinski definition) is 1. The van der Waals surface area contributed by atoms with Crippen molar-refractivity contribution in [3.05, 3.63) is 71.5 Å². The van der Waals surface area contributed by atoms with E-state index in [-0.39, 0.29) is 5.82 Å². The molecular formula is C16H15ClFNO. The van der Waals surface area contributed by atoms with Gasteiger partial charge in [-0.2, -0.15) is 0 Å². The highest BCUT2D eigenvalue weighted by Gasteiger charge is 2.05. The molecule has 2 rings (SSSR count). The molecule has 20 heavy (non-hydrogen) atoms. The van der Waals surface area contributed by atoms with Gasteiger partial charge in [0.15, 0.2) is 0 Å². The van der Waals surface area contributed by atoms with Crippen LogP contribution in [0.2, 0.25) is 5.02 Å². The minimum Gasteiger partial charge on any atom is -0.489 e. The number of nitrogens with one attached hydrogen (secondary N) is 1. The van der Waals surface area contributed by atoms with Crippen LogP contribution in [0.15, 0.2) is 55.1 Å². The summed E-state index contributed by atoms with van der Waals surface area (Å²) in [6, 6.07) is 12.0. The number of anilines is 1. The van der Waals surface area contributed by atoms with Crippen LogP contribution in [0.5, 0.6) is 5.75 Å². The maximum absolute atomic E-state index is 13.6. The highest BCUT2D eigenvalue weighted by atomic mass is 35.5. The zero-order valence-corrected chi connectivity index (χ0v) is 11.7. The second-order valence-corrected chi connectivity index (χ2v) is 4.62. The van der Waals surface area contributed by atoms with E-state index in [1.165, 1.54) is 12.1 Å². The van der Waals surface area contributed by atoms with Gasteiger partial charge in [-0.1, -0.05) is 42.5 Å². The summed E-state index contributed by atoms with van der Waals surface area (Å²) in [5.41, 5.74) is 1.31. The van der Waals surface area contributed by atoms with Gasteiger partial charge in [0.25, 0.3) is 0 Å². The van der Waals surface area contributed by atoms with Gasteiger partial charge in [-0.25, -0.2) is 4.39 Å². The summed E-state index contributed by atoms with van der Waals surface area (Å²) >= 11 is 5.86. The Morgan fingerprint density at radius 3 is 2.85 bits per heavy atom. The molecule has 0 spiro atoms. The molecule has 0 aliphatic heterocycles. The molecule has 0 radical (unpaired) electrons. The Bertz CT molecular complexity index is 601. The van der Waals surface area contributed by atoms with E-state index >= 15 is 0 Å². The monoisotopic (exact) mass is 291 g/mol. The van der Waals surface area contributed by atoms with Gasteiger partial charge in [0.1, 0.15) is 18.2 Å². The van der Waals surface area contributed by atoms with E-state index in [1.807, 2.05) is 24.3 Å². The topological polar surface area (TPSA) is 21.3 Å². The number of para-hydroxylation sites is 1. The first kappa shape index (κ1) is 14.4. The first-order valence-corrected chi connectivity index (χ1v) is 6.59. The summed E-state index contributed by atoms with van der Waals surface area (Å²) in [5.74, 6) is 0.418. The summed E-state index contributed by atoms with van der Waals surface area (Å²) in [7, 11) is 0. The summed E-state index contributed by atoms with van der Waals surface area (Å²) in [6.45, 7) is 4.50. The summed E-state index contributed by atoms with van der Waals surface area (Å²) < 4.78 is 19.2. The Labute approximate surface area is 122 Å². The molecule has 0 aliphatic rings. The third-order valence-corrected chi connectivity index (χ3v) is 2.96. The largest absolute Gasteiger partial charge is 0.489 e. The van der Waals surface area contributed by atoms with Crippen molar-refractivity contribution >= 4 is 17.3 Å². The van der Waals surface area contributed by atoms with Crippen LogP contribution >= 0.6 is 11.6 Å². The van der Waals surface area contributed by atoms with E-state index in [9.17, 15) is 4.39 Å². The average Bonchev–Trinajstić information content (AvgIpc) is 2.47. The Kier molecular flexibility index (Phi) is 5.02. The molecule has 0 heterocycles. The molecule has 0 atom stereocenters. The van der Waals surface area contributed by atoms with Crippen LogP contribution in [-0.2, 0) is 6.54 Å². The fourth-order valence-electron chi connectivity index (χ4n) is 1.76. The normalized spacial score (nSPS) is 10.1. The molecule has 0 aromatic heterocycles. The predicted octanol–water partition coefficient (Wildman–Crippen LogP) is 4.66. The van der Waals surface area contributed by atoms with Crippen LogP contribution in [0.3, 0.4) is 0 Å². The van der Waals surface area contributed by atoms with Crippen LogP contribution in [-0.4, -0.2) is 6.61 Å². The Morgan fingerprint density at radius 1 is 1.25 bits per heavy atom. The second kappa shape index (κ2) is 6.96. The Balaban J connectivity index is 2.10. The fraction of sp³-hybridized carbons (Fsp3) is 0.125. The zero-order valence-electron chi connectivity index (χ0n) is 10.9. The van der Waals surface area contributed by atoms with E-state index in [4.69, 9.17) is 16.3 Å². The first-order valence-electron chi connectivity index (χ1n) is 6.21. The van der Waals surface area contributed by atoms with Crippen LogP contribution in [0.4, 0.5) is 10.1 Å². The summed E-state index contributed by atoms with van der Waals surface area (Å²) in [5, 5.41) is 3.51. The van der Waals surface area contributed by atoms with E-state index in [0.717, 1.165) is 11.3 Å². The van der Waals surface area contributed by atoms with Gasteiger partial charge in [0.05, 0.1) is 5.69 Å². The predicted molar refractivity (Wildman–Crippen MR) is 80.9 cm³/mol. The van der Waals surface area contributed by atoms with Crippen LogP contribution in [0, 0.1) is 5.82 Å². The van der Waals surface area contributed by atoms with Gasteiger partial charge in [0.2, 0.25) is 0 Å². The third kappa shape index (κ3) is 3.75. The lowest BCUT2D eigenvalue weighted by Crippen LogP contribution is -2.04. The van der Waals surface area contributed by atoms with E-state index in [2.05, 4.69) is 11.9 Å². The molecule has 2 aromatic carbocycles. The molecule has 0 bridgehead atoms. The van der Waals surface area contributed by atoms with E-state index in [1.54, 1.807) is 12.1 Å². The molecule has 0 aliphatic carbocycles. The quantitative estimate of drug-likeness (QED) is 0.782. The number of halogens is 2. The molecule has 2 nitrogen and oxygen atoms in total. The van der Waals surface area contributed by atoms with Crippen LogP contribution < -0.4 is 10.1 Å². The van der Waals surface area contributed by atoms with Crippen molar-refractivity contribution in [2.24, 2.45) is 0 Å². The van der Waals surface area contributed by atoms with Crippen LogP contribution in [0.25, 0.3) is 0 Å². The summed E-state index contributed by atoms with van der Waals surface area (Å²) in [4.78, 5) is 0. The van der Waals surface area contributed by atoms with Crippen LogP contribution in [0.1, 0.15) is 5.56 Å². The third-order valence-electron chi connectivity index (χ3n) is 2.73. The molecule has 1 N–H and O–H groups in total. The smallest absolute Gasteiger partial charge is 0.146 e. The molecule has 0 saturated heterocycles. The van der Waals surface area contributed by atoms with E-state index in [0.29, 0.717) is 23.9 Å². The van der Waals surface area contributed by atoms with Gasteiger partial charge >= 0.3 is 0 Å². The van der Waals surface area contributed by atoms with E-state index < -0.39 is 0 Å². The van der Waals surface area contributed by atoms with Gasteiger partial charge in [-0.15, -0.1) is 0 Å². The molecule has 0 unspecified atom stereocenters. The molecule has 104 valence electrons. The van der Waals surface area contributed by atoms with Crippen molar-refractivity contribution in [2.75, 3.05) is 11.9 Å². The average molecular weight is 292 g/mol. The second-order valence-electron chi connectivity index (χ2n) is 4.19. The van der Waals surface area contributed by atoms with Gasteiger partial charge in [0, 0.05) is 17.1 Å². The zero-order chi connectivity index (χ0) is 14.4. The molecule has 2 aromatic rings. The SMILES string of the molecule is C=CCOc1ccccc1CNc1cc(Cl)ccc1F. The molecule has 4 heteroatoms. The van der Waals surface area contributed by atoms with Gasteiger partial charge in [-0.3, -0.25) is 0 Å². The Hall–Kier alpha value is -2.00. The van der Waals surface area contributed by atoms with Gasteiger partial charge in [-0.05, 0) is 24.3 Å². The van der Waals surface area contributed by atoms with Gasteiger partial charge < -0.3 is 10.1 Å².